The molecule has 2 aliphatic heterocycles. The van der Waals surface area contributed by atoms with E-state index in [2.05, 4.69) is 46.6 Å². The van der Waals surface area contributed by atoms with Crippen molar-refractivity contribution >= 4 is 24.8 Å². The Bertz CT molecular complexity index is 706. The molecule has 1 saturated heterocycles. The number of fused-ring (bicyclic) bond motifs is 1. The Labute approximate surface area is 173 Å². The number of hydrogen-bond acceptors (Lipinski definition) is 4. The van der Waals surface area contributed by atoms with Crippen LogP contribution in [0.5, 0.6) is 5.75 Å². The molecule has 0 bridgehead atoms. The molecule has 2 atom stereocenters. The first-order chi connectivity index (χ1) is 12.3. The van der Waals surface area contributed by atoms with E-state index < -0.39 is 0 Å². The number of nitrogens with zero attached hydrogens (tertiary/aromatic N) is 1. The smallest absolute Gasteiger partial charge is 0.115 e. The van der Waals surface area contributed by atoms with Gasteiger partial charge in [0.1, 0.15) is 5.75 Å². The number of aromatic hydroxyl groups is 1. The molecule has 0 spiro atoms. The highest BCUT2D eigenvalue weighted by Gasteiger charge is 2.29. The number of rotatable bonds is 4. The van der Waals surface area contributed by atoms with E-state index in [1.165, 1.54) is 16.7 Å². The van der Waals surface area contributed by atoms with Crippen LogP contribution in [0.15, 0.2) is 48.5 Å². The van der Waals surface area contributed by atoms with Gasteiger partial charge in [-0.1, -0.05) is 36.4 Å². The van der Waals surface area contributed by atoms with Gasteiger partial charge in [0, 0.05) is 32.2 Å². The third-order valence-electron chi connectivity index (χ3n) is 5.40. The summed E-state index contributed by atoms with van der Waals surface area (Å²) in [5.41, 5.74) is 4.02. The average molecular weight is 411 g/mol. The standard InChI is InChI=1S/C21H26N2O2.2ClH/c24-18-7-5-17(6-8-18)20(23-12-10-22-11-13-23)15-21-19-4-2-1-3-16(19)9-14-25-21;;/h1-8,20-22,24H,9-15H2;2*1H. The fourth-order valence-corrected chi connectivity index (χ4v) is 4.06. The number of piperazine rings is 1. The van der Waals surface area contributed by atoms with Gasteiger partial charge in [0.15, 0.2) is 0 Å². The first-order valence-corrected chi connectivity index (χ1v) is 9.24. The van der Waals surface area contributed by atoms with Crippen LogP contribution in [0.3, 0.4) is 0 Å². The molecule has 0 aromatic heterocycles. The van der Waals surface area contributed by atoms with Gasteiger partial charge >= 0.3 is 0 Å². The van der Waals surface area contributed by atoms with E-state index in [9.17, 15) is 5.11 Å². The molecule has 2 aliphatic rings. The Hall–Kier alpha value is -1.30. The number of halogens is 2. The third-order valence-corrected chi connectivity index (χ3v) is 5.40. The molecule has 27 heavy (non-hydrogen) atoms. The summed E-state index contributed by atoms with van der Waals surface area (Å²) in [6.45, 7) is 4.93. The van der Waals surface area contributed by atoms with Crippen LogP contribution in [0.25, 0.3) is 0 Å². The predicted molar refractivity (Wildman–Crippen MR) is 113 cm³/mol. The molecule has 2 heterocycles. The minimum Gasteiger partial charge on any atom is -0.508 e. The predicted octanol–water partition coefficient (Wildman–Crippen LogP) is 3.89. The van der Waals surface area contributed by atoms with Gasteiger partial charge in [0.25, 0.3) is 0 Å². The maximum Gasteiger partial charge on any atom is 0.115 e. The lowest BCUT2D eigenvalue weighted by Gasteiger charge is -2.38. The van der Waals surface area contributed by atoms with Crippen molar-refractivity contribution < 1.29 is 9.84 Å². The zero-order chi connectivity index (χ0) is 17.1. The molecule has 0 amide bonds. The van der Waals surface area contributed by atoms with Crippen LogP contribution in [0, 0.1) is 0 Å². The molecule has 4 rings (SSSR count). The van der Waals surface area contributed by atoms with E-state index in [1.54, 1.807) is 12.1 Å². The van der Waals surface area contributed by atoms with Gasteiger partial charge in [-0.25, -0.2) is 0 Å². The highest BCUT2D eigenvalue weighted by molar-refractivity contribution is 5.85. The van der Waals surface area contributed by atoms with Gasteiger partial charge < -0.3 is 15.2 Å². The van der Waals surface area contributed by atoms with Crippen LogP contribution in [-0.4, -0.2) is 42.8 Å². The maximum absolute atomic E-state index is 9.65. The number of phenols is 1. The number of phenolic OH excluding ortho intramolecular Hbond substituents is 1. The Kier molecular flexibility index (Phi) is 8.39. The van der Waals surface area contributed by atoms with Crippen molar-refractivity contribution in [2.24, 2.45) is 0 Å². The summed E-state index contributed by atoms with van der Waals surface area (Å²) in [6, 6.07) is 16.7. The Morgan fingerprint density at radius 2 is 1.74 bits per heavy atom. The quantitative estimate of drug-likeness (QED) is 0.802. The highest BCUT2D eigenvalue weighted by Crippen LogP contribution is 2.37. The number of ether oxygens (including phenoxy) is 1. The average Bonchev–Trinajstić information content (AvgIpc) is 2.68. The van der Waals surface area contributed by atoms with E-state index in [0.717, 1.165) is 45.6 Å². The van der Waals surface area contributed by atoms with Gasteiger partial charge in [-0.2, -0.15) is 0 Å². The van der Waals surface area contributed by atoms with Crippen LogP contribution >= 0.6 is 24.8 Å². The van der Waals surface area contributed by atoms with E-state index in [-0.39, 0.29) is 30.9 Å². The first-order valence-electron chi connectivity index (χ1n) is 9.24. The summed E-state index contributed by atoms with van der Waals surface area (Å²) in [5.74, 6) is 0.321. The van der Waals surface area contributed by atoms with Crippen LogP contribution in [0.1, 0.15) is 35.3 Å². The number of nitrogens with one attached hydrogen (secondary N) is 1. The fourth-order valence-electron chi connectivity index (χ4n) is 4.06. The van der Waals surface area contributed by atoms with E-state index in [4.69, 9.17) is 4.74 Å². The Morgan fingerprint density at radius 3 is 2.48 bits per heavy atom. The largest absolute Gasteiger partial charge is 0.508 e. The molecular weight excluding hydrogens is 383 g/mol. The van der Waals surface area contributed by atoms with Gasteiger partial charge in [0.2, 0.25) is 0 Å². The van der Waals surface area contributed by atoms with Crippen molar-refractivity contribution in [2.45, 2.75) is 25.0 Å². The summed E-state index contributed by atoms with van der Waals surface area (Å²) >= 11 is 0. The molecule has 2 aromatic carbocycles. The van der Waals surface area contributed by atoms with Crippen LogP contribution in [0.4, 0.5) is 0 Å². The van der Waals surface area contributed by atoms with Crippen molar-refractivity contribution in [3.05, 3.63) is 65.2 Å². The summed E-state index contributed by atoms with van der Waals surface area (Å²) in [6.07, 6.45) is 2.09. The van der Waals surface area contributed by atoms with Crippen molar-refractivity contribution in [1.29, 1.82) is 0 Å². The lowest BCUT2D eigenvalue weighted by Crippen LogP contribution is -2.45. The van der Waals surface area contributed by atoms with Crippen LogP contribution < -0.4 is 5.32 Å². The summed E-state index contributed by atoms with van der Waals surface area (Å²) in [5, 5.41) is 13.1. The molecule has 2 unspecified atom stereocenters. The molecule has 148 valence electrons. The minimum absolute atomic E-state index is 0. The van der Waals surface area contributed by atoms with E-state index >= 15 is 0 Å². The molecule has 2 N–H and O–H groups in total. The zero-order valence-electron chi connectivity index (χ0n) is 15.3. The summed E-state index contributed by atoms with van der Waals surface area (Å²) < 4.78 is 6.18. The lowest BCUT2D eigenvalue weighted by molar-refractivity contribution is 0.0119. The van der Waals surface area contributed by atoms with Crippen molar-refractivity contribution in [2.75, 3.05) is 32.8 Å². The SMILES string of the molecule is Cl.Cl.Oc1ccc(C(CC2OCCc3ccccc32)N2CCNCC2)cc1. The highest BCUT2D eigenvalue weighted by atomic mass is 35.5. The molecule has 1 fully saturated rings. The Balaban J connectivity index is 0.00000131. The zero-order valence-corrected chi connectivity index (χ0v) is 17.0. The van der Waals surface area contributed by atoms with E-state index in [0.29, 0.717) is 11.8 Å². The number of benzene rings is 2. The minimum atomic E-state index is 0. The lowest BCUT2D eigenvalue weighted by atomic mass is 9.90. The van der Waals surface area contributed by atoms with Gasteiger partial charge in [-0.05, 0) is 41.7 Å². The molecule has 0 aliphatic carbocycles. The third kappa shape index (κ3) is 5.15. The van der Waals surface area contributed by atoms with Crippen molar-refractivity contribution in [3.8, 4) is 5.75 Å². The molecule has 2 aromatic rings. The fraction of sp³-hybridized carbons (Fsp3) is 0.429. The maximum atomic E-state index is 9.65. The summed E-state index contributed by atoms with van der Waals surface area (Å²) in [7, 11) is 0. The van der Waals surface area contributed by atoms with Crippen molar-refractivity contribution in [3.63, 3.8) is 0 Å². The second kappa shape index (κ2) is 10.3. The second-order valence-corrected chi connectivity index (χ2v) is 6.94. The summed E-state index contributed by atoms with van der Waals surface area (Å²) in [4.78, 5) is 2.55. The normalized spacial score (nSPS) is 20.7. The molecular formula is C21H28Cl2N2O2. The van der Waals surface area contributed by atoms with Gasteiger partial charge in [0.05, 0.1) is 12.7 Å². The molecule has 0 saturated carbocycles. The number of hydrogen-bond donors (Lipinski definition) is 2. The molecule has 4 nitrogen and oxygen atoms in total. The van der Waals surface area contributed by atoms with Crippen LogP contribution in [0.2, 0.25) is 0 Å². The molecule has 6 heteroatoms. The second-order valence-electron chi connectivity index (χ2n) is 6.94. The van der Waals surface area contributed by atoms with Gasteiger partial charge in [-0.3, -0.25) is 4.90 Å². The van der Waals surface area contributed by atoms with E-state index in [1.807, 2.05) is 0 Å². The van der Waals surface area contributed by atoms with Crippen LogP contribution in [-0.2, 0) is 11.2 Å². The van der Waals surface area contributed by atoms with Crippen molar-refractivity contribution in [1.82, 2.24) is 10.2 Å². The Morgan fingerprint density at radius 1 is 1.04 bits per heavy atom. The molecule has 0 radical (unpaired) electrons. The van der Waals surface area contributed by atoms with Gasteiger partial charge in [-0.15, -0.1) is 24.8 Å². The monoisotopic (exact) mass is 410 g/mol. The first kappa shape index (κ1) is 22.0. The topological polar surface area (TPSA) is 44.7 Å².